The molecule has 1 heterocycles. The number of nitrogens with one attached hydrogen (secondary N) is 2. The Morgan fingerprint density at radius 1 is 1.30 bits per heavy atom. The molecule has 1 aliphatic carbocycles. The molecule has 0 spiro atoms. The van der Waals surface area contributed by atoms with E-state index in [1.807, 2.05) is 0 Å². The number of hydrogen-bond donors (Lipinski definition) is 2. The highest BCUT2D eigenvalue weighted by molar-refractivity contribution is 7.93. The van der Waals surface area contributed by atoms with Crippen LogP contribution in [0.4, 0.5) is 10.1 Å². The summed E-state index contributed by atoms with van der Waals surface area (Å²) >= 11 is 6.15. The Morgan fingerprint density at radius 3 is 2.57 bits per heavy atom. The number of rotatable bonds is 8. The standard InChI is InChI=1S/C20H22ClFN4O3S/c1-12(8-9-30(2,28)29)25-20(27)19-23-10-14(11-24-19)26-18(13-6-7-13)15-4-3-5-16(22)17(15)21/h3-5,8-13,18,26H,6-7H2,1-2H3,(H,25,27)/b9-8+/t12-,18+/m1/s1. The summed E-state index contributed by atoms with van der Waals surface area (Å²) in [5, 5.41) is 7.01. The predicted octanol–water partition coefficient (Wildman–Crippen LogP) is 3.51. The maximum absolute atomic E-state index is 13.9. The topological polar surface area (TPSA) is 101 Å². The van der Waals surface area contributed by atoms with E-state index in [1.54, 1.807) is 19.1 Å². The molecular formula is C20H22ClFN4O3S. The van der Waals surface area contributed by atoms with Crippen molar-refractivity contribution in [2.45, 2.75) is 31.8 Å². The summed E-state index contributed by atoms with van der Waals surface area (Å²) in [6, 6.07) is 4.03. The number of carbonyl (C=O) groups excluding carboxylic acids is 1. The fraction of sp³-hybridized carbons (Fsp3) is 0.350. The molecule has 1 fully saturated rings. The highest BCUT2D eigenvalue weighted by Crippen LogP contribution is 2.44. The predicted molar refractivity (Wildman–Crippen MR) is 113 cm³/mol. The Balaban J connectivity index is 1.68. The molecule has 10 heteroatoms. The third-order valence-electron chi connectivity index (χ3n) is 4.56. The summed E-state index contributed by atoms with van der Waals surface area (Å²) in [6.07, 6.45) is 7.39. The first kappa shape index (κ1) is 22.2. The van der Waals surface area contributed by atoms with Crippen LogP contribution in [0.1, 0.15) is 42.0 Å². The van der Waals surface area contributed by atoms with Crippen molar-refractivity contribution in [2.24, 2.45) is 5.92 Å². The van der Waals surface area contributed by atoms with Gasteiger partial charge in [0.25, 0.3) is 5.91 Å². The van der Waals surface area contributed by atoms with Crippen LogP contribution in [0.5, 0.6) is 0 Å². The van der Waals surface area contributed by atoms with Crippen molar-refractivity contribution >= 4 is 33.0 Å². The van der Waals surface area contributed by atoms with E-state index in [0.717, 1.165) is 24.5 Å². The van der Waals surface area contributed by atoms with Gasteiger partial charge in [0.15, 0.2) is 9.84 Å². The number of aromatic nitrogens is 2. The van der Waals surface area contributed by atoms with E-state index in [2.05, 4.69) is 20.6 Å². The average molecular weight is 453 g/mol. The summed E-state index contributed by atoms with van der Waals surface area (Å²) < 4.78 is 36.2. The van der Waals surface area contributed by atoms with E-state index in [0.29, 0.717) is 17.2 Å². The van der Waals surface area contributed by atoms with E-state index in [-0.39, 0.29) is 16.9 Å². The summed E-state index contributed by atoms with van der Waals surface area (Å²) in [5.41, 5.74) is 1.25. The molecule has 3 rings (SSSR count). The number of nitrogens with zero attached hydrogens (tertiary/aromatic N) is 2. The maximum atomic E-state index is 13.9. The van der Waals surface area contributed by atoms with Crippen LogP contribution < -0.4 is 10.6 Å². The molecule has 2 aromatic rings. The fourth-order valence-electron chi connectivity index (χ4n) is 2.92. The van der Waals surface area contributed by atoms with Crippen LogP contribution in [0.3, 0.4) is 0 Å². The van der Waals surface area contributed by atoms with Crippen molar-refractivity contribution in [3.63, 3.8) is 0 Å². The fourth-order valence-corrected chi connectivity index (χ4v) is 3.68. The molecule has 0 unspecified atom stereocenters. The lowest BCUT2D eigenvalue weighted by molar-refractivity contribution is 0.0936. The molecule has 1 aromatic heterocycles. The Hall–Kier alpha value is -2.52. The summed E-state index contributed by atoms with van der Waals surface area (Å²) in [4.78, 5) is 20.4. The van der Waals surface area contributed by atoms with Gasteiger partial charge in [-0.25, -0.2) is 22.8 Å². The van der Waals surface area contributed by atoms with Gasteiger partial charge < -0.3 is 10.6 Å². The zero-order chi connectivity index (χ0) is 21.9. The highest BCUT2D eigenvalue weighted by atomic mass is 35.5. The van der Waals surface area contributed by atoms with E-state index >= 15 is 0 Å². The molecule has 0 radical (unpaired) electrons. The van der Waals surface area contributed by atoms with Crippen molar-refractivity contribution < 1.29 is 17.6 Å². The van der Waals surface area contributed by atoms with Crippen LogP contribution in [-0.2, 0) is 9.84 Å². The van der Waals surface area contributed by atoms with Crippen LogP contribution in [0.2, 0.25) is 5.02 Å². The number of benzene rings is 1. The zero-order valence-corrected chi connectivity index (χ0v) is 18.0. The number of carbonyl (C=O) groups is 1. The lowest BCUT2D eigenvalue weighted by Gasteiger charge is -2.21. The molecule has 160 valence electrons. The number of halogens is 2. The lowest BCUT2D eigenvalue weighted by atomic mass is 10.0. The van der Waals surface area contributed by atoms with Gasteiger partial charge in [-0.2, -0.15) is 0 Å². The van der Waals surface area contributed by atoms with Gasteiger partial charge in [-0.3, -0.25) is 4.79 Å². The van der Waals surface area contributed by atoms with Gasteiger partial charge in [-0.05, 0) is 37.3 Å². The van der Waals surface area contributed by atoms with E-state index in [1.165, 1.54) is 24.5 Å². The first-order chi connectivity index (χ1) is 14.1. The van der Waals surface area contributed by atoms with Gasteiger partial charge >= 0.3 is 0 Å². The number of anilines is 1. The van der Waals surface area contributed by atoms with Crippen LogP contribution in [0, 0.1) is 11.7 Å². The minimum atomic E-state index is -3.27. The van der Waals surface area contributed by atoms with Crippen molar-refractivity contribution in [3.8, 4) is 0 Å². The van der Waals surface area contributed by atoms with Crippen molar-refractivity contribution in [3.05, 3.63) is 64.3 Å². The SMILES string of the molecule is C[C@H](/C=C/S(C)(=O)=O)NC(=O)c1ncc(N[C@H](c2cccc(F)c2Cl)C2CC2)cn1. The maximum Gasteiger partial charge on any atom is 0.289 e. The minimum Gasteiger partial charge on any atom is -0.375 e. The first-order valence-corrected chi connectivity index (χ1v) is 11.7. The van der Waals surface area contributed by atoms with Gasteiger partial charge in [0, 0.05) is 17.7 Å². The molecule has 2 atom stereocenters. The quantitative estimate of drug-likeness (QED) is 0.635. The third-order valence-corrected chi connectivity index (χ3v) is 5.61. The monoisotopic (exact) mass is 452 g/mol. The first-order valence-electron chi connectivity index (χ1n) is 9.35. The van der Waals surface area contributed by atoms with E-state index < -0.39 is 27.6 Å². The minimum absolute atomic E-state index is 0.0492. The van der Waals surface area contributed by atoms with Gasteiger partial charge in [0.1, 0.15) is 5.82 Å². The van der Waals surface area contributed by atoms with Crippen LogP contribution in [0.25, 0.3) is 0 Å². The Kier molecular flexibility index (Phi) is 6.72. The van der Waals surface area contributed by atoms with Crippen LogP contribution >= 0.6 is 11.6 Å². The van der Waals surface area contributed by atoms with E-state index in [4.69, 9.17) is 11.6 Å². The van der Waals surface area contributed by atoms with E-state index in [9.17, 15) is 17.6 Å². The van der Waals surface area contributed by atoms with Crippen molar-refractivity contribution in [2.75, 3.05) is 11.6 Å². The van der Waals surface area contributed by atoms with Gasteiger partial charge in [0.05, 0.1) is 29.1 Å². The highest BCUT2D eigenvalue weighted by Gasteiger charge is 2.34. The average Bonchev–Trinajstić information content (AvgIpc) is 3.52. The third kappa shape index (κ3) is 5.99. The molecule has 30 heavy (non-hydrogen) atoms. The number of hydrogen-bond acceptors (Lipinski definition) is 6. The molecule has 1 aromatic carbocycles. The second kappa shape index (κ2) is 9.09. The normalized spacial score (nSPS) is 16.3. The molecule has 7 nitrogen and oxygen atoms in total. The molecule has 0 saturated heterocycles. The van der Waals surface area contributed by atoms with Crippen LogP contribution in [-0.4, -0.2) is 36.6 Å². The van der Waals surface area contributed by atoms with Gasteiger partial charge in [0.2, 0.25) is 5.82 Å². The Bertz CT molecular complexity index is 1060. The van der Waals surface area contributed by atoms with Gasteiger partial charge in [-0.15, -0.1) is 0 Å². The zero-order valence-electron chi connectivity index (χ0n) is 16.5. The second-order valence-corrected chi connectivity index (χ2v) is 9.63. The molecule has 1 aliphatic rings. The summed E-state index contributed by atoms with van der Waals surface area (Å²) in [6.45, 7) is 1.64. The molecule has 0 bridgehead atoms. The Morgan fingerprint density at radius 2 is 1.97 bits per heavy atom. The molecule has 1 saturated carbocycles. The summed E-state index contributed by atoms with van der Waals surface area (Å²) in [5.74, 6) is -0.718. The number of sulfone groups is 1. The van der Waals surface area contributed by atoms with Crippen molar-refractivity contribution in [1.29, 1.82) is 0 Å². The molecule has 0 aliphatic heterocycles. The lowest BCUT2D eigenvalue weighted by Crippen LogP contribution is -2.32. The second-order valence-electron chi connectivity index (χ2n) is 7.32. The number of amides is 1. The molecule has 2 N–H and O–H groups in total. The molecular weight excluding hydrogens is 431 g/mol. The largest absolute Gasteiger partial charge is 0.375 e. The Labute approximate surface area is 179 Å². The van der Waals surface area contributed by atoms with Crippen molar-refractivity contribution in [1.82, 2.24) is 15.3 Å². The molecule has 1 amide bonds. The smallest absolute Gasteiger partial charge is 0.289 e. The van der Waals surface area contributed by atoms with Gasteiger partial charge in [-0.1, -0.05) is 29.8 Å². The van der Waals surface area contributed by atoms with Crippen LogP contribution in [0.15, 0.2) is 42.1 Å². The summed E-state index contributed by atoms with van der Waals surface area (Å²) in [7, 11) is -3.27.